The number of hydrogen-bond donors (Lipinski definition) is 2. The van der Waals surface area contributed by atoms with Gasteiger partial charge in [-0.2, -0.15) is 0 Å². The molecule has 0 aromatic heterocycles. The van der Waals surface area contributed by atoms with Gasteiger partial charge in [-0.1, -0.05) is 20.8 Å². The monoisotopic (exact) mass is 373 g/mol. The molecule has 0 aliphatic carbocycles. The van der Waals surface area contributed by atoms with Crippen LogP contribution in [-0.2, 0) is 0 Å². The van der Waals surface area contributed by atoms with E-state index in [2.05, 4.69) is 22.6 Å². The van der Waals surface area contributed by atoms with Gasteiger partial charge in [0, 0.05) is 9.13 Å². The zero-order chi connectivity index (χ0) is 12.5. The highest BCUT2D eigenvalue weighted by Gasteiger charge is 2.30. The molecule has 2 nitrogen and oxygen atoms in total. The van der Waals surface area contributed by atoms with Crippen molar-refractivity contribution in [3.63, 3.8) is 0 Å². The van der Waals surface area contributed by atoms with Gasteiger partial charge >= 0.3 is 0 Å². The van der Waals surface area contributed by atoms with Crippen LogP contribution in [0, 0.1) is 14.8 Å². The lowest BCUT2D eigenvalue weighted by Crippen LogP contribution is -2.37. The van der Waals surface area contributed by atoms with Crippen LogP contribution in [0.4, 0.5) is 4.39 Å². The third-order valence-electron chi connectivity index (χ3n) is 2.54. The first-order chi connectivity index (χ1) is 7.23. The molecule has 0 heterocycles. The van der Waals surface area contributed by atoms with Crippen molar-refractivity contribution in [1.82, 2.24) is 0 Å². The van der Waals surface area contributed by atoms with Crippen molar-refractivity contribution in [2.45, 2.75) is 32.9 Å². The topological polar surface area (TPSA) is 46.2 Å². The summed E-state index contributed by atoms with van der Waals surface area (Å²) in [5.41, 5.74) is 5.90. The van der Waals surface area contributed by atoms with Crippen molar-refractivity contribution in [3.8, 4) is 0 Å². The van der Waals surface area contributed by atoms with E-state index >= 15 is 0 Å². The fourth-order valence-corrected chi connectivity index (χ4v) is 1.99. The second-order valence-corrected chi connectivity index (χ2v) is 6.25. The molecule has 1 aromatic carbocycles. The van der Waals surface area contributed by atoms with Gasteiger partial charge in [0.2, 0.25) is 0 Å². The first-order valence-corrected chi connectivity index (χ1v) is 6.20. The number of nitrogens with two attached hydrogens (primary N) is 1. The lowest BCUT2D eigenvalue weighted by molar-refractivity contribution is 0.0391. The molecule has 98 valence electrons. The second-order valence-electron chi connectivity index (χ2n) is 5.00. The molecule has 0 aliphatic heterocycles. The van der Waals surface area contributed by atoms with Crippen LogP contribution in [0.1, 0.15) is 32.4 Å². The summed E-state index contributed by atoms with van der Waals surface area (Å²) in [4.78, 5) is 0. The predicted molar refractivity (Wildman–Crippen MR) is 78.8 cm³/mol. The molecule has 1 rings (SSSR count). The Bertz CT molecular complexity index is 381. The van der Waals surface area contributed by atoms with Crippen LogP contribution in [0.15, 0.2) is 18.2 Å². The van der Waals surface area contributed by atoms with E-state index in [9.17, 15) is 9.50 Å². The Balaban J connectivity index is 0.00000256. The highest BCUT2D eigenvalue weighted by molar-refractivity contribution is 14.1. The Labute approximate surface area is 121 Å². The molecule has 17 heavy (non-hydrogen) atoms. The van der Waals surface area contributed by atoms with Gasteiger partial charge in [-0.05, 0) is 46.2 Å². The van der Waals surface area contributed by atoms with Gasteiger partial charge in [-0.3, -0.25) is 0 Å². The summed E-state index contributed by atoms with van der Waals surface area (Å²) in [5.74, 6) is -0.365. The quantitative estimate of drug-likeness (QED) is 0.782. The van der Waals surface area contributed by atoms with E-state index in [1.807, 2.05) is 20.8 Å². The Hall–Kier alpha value is 0.0900. The van der Waals surface area contributed by atoms with Crippen LogP contribution in [0.5, 0.6) is 0 Å². The highest BCUT2D eigenvalue weighted by atomic mass is 127. The molecule has 0 bridgehead atoms. The molecule has 0 aliphatic rings. The van der Waals surface area contributed by atoms with E-state index in [0.29, 0.717) is 5.56 Å². The van der Waals surface area contributed by atoms with E-state index in [-0.39, 0.29) is 23.6 Å². The Morgan fingerprint density at radius 2 is 1.88 bits per heavy atom. The van der Waals surface area contributed by atoms with Crippen molar-refractivity contribution < 1.29 is 9.50 Å². The van der Waals surface area contributed by atoms with Crippen LogP contribution in [-0.4, -0.2) is 11.2 Å². The smallest absolute Gasteiger partial charge is 0.128 e. The molecule has 1 aromatic rings. The normalized spacial score (nSPS) is 15.0. The number of aliphatic hydroxyl groups is 1. The minimum Gasteiger partial charge on any atom is -0.391 e. The fraction of sp³-hybridized carbons (Fsp3) is 0.500. The van der Waals surface area contributed by atoms with Gasteiger partial charge in [0.25, 0.3) is 0 Å². The van der Waals surface area contributed by atoms with Gasteiger partial charge in [0.05, 0.1) is 12.1 Å². The highest BCUT2D eigenvalue weighted by Crippen LogP contribution is 2.30. The Morgan fingerprint density at radius 1 is 1.35 bits per heavy atom. The maximum Gasteiger partial charge on any atom is 0.128 e. The molecule has 0 fully saturated rings. The van der Waals surface area contributed by atoms with Crippen molar-refractivity contribution in [1.29, 1.82) is 0 Å². The summed E-state index contributed by atoms with van der Waals surface area (Å²) in [7, 11) is 0. The van der Waals surface area contributed by atoms with E-state index in [1.165, 1.54) is 6.07 Å². The van der Waals surface area contributed by atoms with E-state index in [1.54, 1.807) is 12.1 Å². The second kappa shape index (κ2) is 6.31. The van der Waals surface area contributed by atoms with Crippen LogP contribution in [0.2, 0.25) is 0 Å². The summed E-state index contributed by atoms with van der Waals surface area (Å²) in [6.45, 7) is 5.63. The van der Waals surface area contributed by atoms with Gasteiger partial charge in [0.15, 0.2) is 0 Å². The summed E-state index contributed by atoms with van der Waals surface area (Å²) >= 11 is 2.10. The van der Waals surface area contributed by atoms with Crippen molar-refractivity contribution >= 4 is 35.0 Å². The van der Waals surface area contributed by atoms with Crippen LogP contribution in [0.25, 0.3) is 0 Å². The summed E-state index contributed by atoms with van der Waals surface area (Å²) < 4.78 is 14.5. The zero-order valence-corrected chi connectivity index (χ0v) is 13.0. The first kappa shape index (κ1) is 17.1. The Kier molecular flexibility index (Phi) is 6.35. The van der Waals surface area contributed by atoms with Gasteiger partial charge in [-0.25, -0.2) is 4.39 Å². The number of aliphatic hydroxyl groups excluding tert-OH is 1. The number of halogens is 3. The molecular formula is C12H18ClFINO. The fourth-order valence-electron chi connectivity index (χ4n) is 1.48. The molecule has 0 radical (unpaired) electrons. The predicted octanol–water partition coefficient (Wildman–Crippen LogP) is 3.26. The molecule has 0 amide bonds. The van der Waals surface area contributed by atoms with E-state index < -0.39 is 12.1 Å². The Morgan fingerprint density at radius 3 is 2.35 bits per heavy atom. The van der Waals surface area contributed by atoms with Gasteiger partial charge < -0.3 is 10.8 Å². The summed E-state index contributed by atoms with van der Waals surface area (Å²) in [6.07, 6.45) is -0.778. The SMILES string of the molecule is CC(C)(C)[C@@H](O)[C@@H](N)c1cc(I)ccc1F.Cl. The standard InChI is InChI=1S/C12H17FINO.ClH/c1-12(2,3)11(16)10(15)8-6-7(14)4-5-9(8)13;/h4-6,10-11,16H,15H2,1-3H3;1H/t10-,11-;/m0./s1. The largest absolute Gasteiger partial charge is 0.391 e. The number of rotatable bonds is 2. The first-order valence-electron chi connectivity index (χ1n) is 5.12. The lowest BCUT2D eigenvalue weighted by atomic mass is 9.82. The van der Waals surface area contributed by atoms with E-state index in [0.717, 1.165) is 3.57 Å². The van der Waals surface area contributed by atoms with Crippen molar-refractivity contribution in [3.05, 3.63) is 33.1 Å². The summed E-state index contributed by atoms with van der Waals surface area (Å²) in [5, 5.41) is 10.0. The van der Waals surface area contributed by atoms with Crippen LogP contribution < -0.4 is 5.73 Å². The molecule has 0 saturated heterocycles. The molecule has 0 unspecified atom stereocenters. The minimum atomic E-state index is -0.778. The van der Waals surface area contributed by atoms with Crippen molar-refractivity contribution in [2.75, 3.05) is 0 Å². The maximum absolute atomic E-state index is 13.6. The molecule has 3 N–H and O–H groups in total. The minimum absolute atomic E-state index is 0. The molecule has 5 heteroatoms. The maximum atomic E-state index is 13.6. The van der Waals surface area contributed by atoms with Gasteiger partial charge in [-0.15, -0.1) is 12.4 Å². The summed E-state index contributed by atoms with van der Waals surface area (Å²) in [6, 6.07) is 4.03. The van der Waals surface area contributed by atoms with Crippen LogP contribution >= 0.6 is 35.0 Å². The van der Waals surface area contributed by atoms with Gasteiger partial charge in [0.1, 0.15) is 5.82 Å². The molecule has 0 spiro atoms. The zero-order valence-electron chi connectivity index (χ0n) is 10.1. The number of hydrogen-bond acceptors (Lipinski definition) is 2. The third-order valence-corrected chi connectivity index (χ3v) is 3.22. The molecule has 0 saturated carbocycles. The van der Waals surface area contributed by atoms with Crippen LogP contribution in [0.3, 0.4) is 0 Å². The lowest BCUT2D eigenvalue weighted by Gasteiger charge is -2.31. The average molecular weight is 374 g/mol. The average Bonchev–Trinajstić information content (AvgIpc) is 2.18. The van der Waals surface area contributed by atoms with E-state index in [4.69, 9.17) is 5.73 Å². The van der Waals surface area contributed by atoms with Crippen molar-refractivity contribution in [2.24, 2.45) is 11.1 Å². The molecular weight excluding hydrogens is 355 g/mol. The third kappa shape index (κ3) is 4.35. The molecule has 2 atom stereocenters. The number of benzene rings is 1.